The second kappa shape index (κ2) is 3.64. The first kappa shape index (κ1) is 10.5. The Bertz CT molecular complexity index is 198. The molecule has 0 aromatic heterocycles. The third-order valence-electron chi connectivity index (χ3n) is 2.02. The Kier molecular flexibility index (Phi) is 2.93. The lowest BCUT2D eigenvalue weighted by Crippen LogP contribution is -2.53. The maximum absolute atomic E-state index is 10.8. The normalized spacial score (nSPS) is 25.0. The van der Waals surface area contributed by atoms with Gasteiger partial charge in [-0.3, -0.25) is 4.79 Å². The number of hydrogen-bond donors (Lipinski definition) is 2. The molecule has 13 heavy (non-hydrogen) atoms. The maximum atomic E-state index is 10.8. The molecule has 4 heteroatoms. The Morgan fingerprint density at radius 2 is 2.15 bits per heavy atom. The summed E-state index contributed by atoms with van der Waals surface area (Å²) in [7, 11) is 0. The van der Waals surface area contributed by atoms with E-state index in [0.717, 1.165) is 19.4 Å². The van der Waals surface area contributed by atoms with Crippen LogP contribution in [0, 0.1) is 0 Å². The van der Waals surface area contributed by atoms with Crippen molar-refractivity contribution < 1.29 is 9.90 Å². The van der Waals surface area contributed by atoms with E-state index in [9.17, 15) is 4.79 Å². The molecule has 0 bridgehead atoms. The van der Waals surface area contributed by atoms with Crippen LogP contribution >= 0.6 is 0 Å². The van der Waals surface area contributed by atoms with Crippen molar-refractivity contribution in [3.63, 3.8) is 0 Å². The van der Waals surface area contributed by atoms with Gasteiger partial charge in [-0.15, -0.1) is 0 Å². The van der Waals surface area contributed by atoms with Crippen LogP contribution in [0.1, 0.15) is 33.6 Å². The molecule has 1 fully saturated rings. The van der Waals surface area contributed by atoms with E-state index in [1.807, 2.05) is 25.8 Å². The zero-order chi connectivity index (χ0) is 10.1. The topological polar surface area (TPSA) is 52.6 Å². The molecule has 1 aliphatic heterocycles. The van der Waals surface area contributed by atoms with Crippen molar-refractivity contribution in [3.05, 3.63) is 0 Å². The fourth-order valence-electron chi connectivity index (χ4n) is 1.59. The van der Waals surface area contributed by atoms with Gasteiger partial charge in [-0.1, -0.05) is 0 Å². The lowest BCUT2D eigenvalue weighted by molar-refractivity contribution is -0.143. The Morgan fingerprint density at radius 3 is 2.62 bits per heavy atom. The quantitative estimate of drug-likeness (QED) is 0.671. The first-order chi connectivity index (χ1) is 5.90. The number of carboxylic acid groups (broad SMARTS) is 1. The van der Waals surface area contributed by atoms with Gasteiger partial charge < -0.3 is 5.11 Å². The van der Waals surface area contributed by atoms with Gasteiger partial charge in [0.1, 0.15) is 6.04 Å². The molecule has 1 aliphatic rings. The molecule has 4 nitrogen and oxygen atoms in total. The Morgan fingerprint density at radius 1 is 1.54 bits per heavy atom. The van der Waals surface area contributed by atoms with Gasteiger partial charge in [-0.25, -0.2) is 10.4 Å². The lowest BCUT2D eigenvalue weighted by Gasteiger charge is -2.31. The van der Waals surface area contributed by atoms with Crippen molar-refractivity contribution in [2.45, 2.75) is 45.2 Å². The monoisotopic (exact) mass is 186 g/mol. The highest BCUT2D eigenvalue weighted by Crippen LogP contribution is 2.16. The summed E-state index contributed by atoms with van der Waals surface area (Å²) in [6.45, 7) is 6.92. The molecular formula is C9H18N2O2. The van der Waals surface area contributed by atoms with Gasteiger partial charge in [0.25, 0.3) is 0 Å². The van der Waals surface area contributed by atoms with Crippen molar-refractivity contribution in [3.8, 4) is 0 Å². The molecule has 76 valence electrons. The predicted octanol–water partition coefficient (Wildman–Crippen LogP) is 0.838. The summed E-state index contributed by atoms with van der Waals surface area (Å²) in [6.07, 6.45) is 1.71. The number of nitrogens with one attached hydrogen (secondary N) is 1. The van der Waals surface area contributed by atoms with E-state index >= 15 is 0 Å². The van der Waals surface area contributed by atoms with Crippen LogP contribution in [0.4, 0.5) is 0 Å². The summed E-state index contributed by atoms with van der Waals surface area (Å²) in [5.41, 5.74) is 3.14. The average Bonchev–Trinajstić information content (AvgIpc) is 2.31. The average molecular weight is 186 g/mol. The molecule has 1 rings (SSSR count). The molecule has 1 atom stereocenters. The zero-order valence-electron chi connectivity index (χ0n) is 8.50. The third-order valence-corrected chi connectivity index (χ3v) is 2.02. The van der Waals surface area contributed by atoms with Crippen LogP contribution in [0.25, 0.3) is 0 Å². The number of nitrogens with zero attached hydrogens (tertiary/aromatic N) is 1. The maximum Gasteiger partial charge on any atom is 0.322 e. The summed E-state index contributed by atoms with van der Waals surface area (Å²) in [5, 5.41) is 10.7. The summed E-state index contributed by atoms with van der Waals surface area (Å²) in [4.78, 5) is 10.8. The van der Waals surface area contributed by atoms with Crippen molar-refractivity contribution in [1.82, 2.24) is 10.4 Å². The van der Waals surface area contributed by atoms with Gasteiger partial charge in [0.15, 0.2) is 0 Å². The molecule has 0 aliphatic carbocycles. The van der Waals surface area contributed by atoms with Crippen molar-refractivity contribution in [2.75, 3.05) is 6.54 Å². The number of hydrazine groups is 1. The van der Waals surface area contributed by atoms with E-state index in [1.165, 1.54) is 0 Å². The molecule has 0 radical (unpaired) electrons. The summed E-state index contributed by atoms with van der Waals surface area (Å²) < 4.78 is 0. The number of carboxylic acids is 1. The Balaban J connectivity index is 2.54. The highest BCUT2D eigenvalue weighted by molar-refractivity contribution is 5.73. The second-order valence-corrected chi connectivity index (χ2v) is 4.55. The first-order valence-corrected chi connectivity index (χ1v) is 4.67. The van der Waals surface area contributed by atoms with Crippen molar-refractivity contribution in [2.24, 2.45) is 0 Å². The van der Waals surface area contributed by atoms with Gasteiger partial charge in [0.05, 0.1) is 0 Å². The van der Waals surface area contributed by atoms with E-state index in [4.69, 9.17) is 5.11 Å². The third kappa shape index (κ3) is 2.97. The van der Waals surface area contributed by atoms with E-state index in [0.29, 0.717) is 0 Å². The molecule has 0 spiro atoms. The van der Waals surface area contributed by atoms with E-state index in [2.05, 4.69) is 5.43 Å². The number of carbonyl (C=O) groups is 1. The van der Waals surface area contributed by atoms with E-state index in [1.54, 1.807) is 0 Å². The molecule has 0 amide bonds. The minimum atomic E-state index is -0.728. The number of aliphatic carboxylic acids is 1. The van der Waals surface area contributed by atoms with Crippen LogP contribution in [0.5, 0.6) is 0 Å². The van der Waals surface area contributed by atoms with Crippen LogP contribution in [0.3, 0.4) is 0 Å². The standard InChI is InChI=1S/C9H18N2O2/c1-9(2,3)10-11-6-4-5-7(11)8(12)13/h7,10H,4-6H2,1-3H3,(H,12,13). The predicted molar refractivity (Wildman–Crippen MR) is 50.3 cm³/mol. The van der Waals surface area contributed by atoms with Crippen LogP contribution in [-0.2, 0) is 4.79 Å². The molecule has 0 aromatic rings. The molecule has 1 unspecified atom stereocenters. The largest absolute Gasteiger partial charge is 0.480 e. The second-order valence-electron chi connectivity index (χ2n) is 4.55. The molecule has 1 heterocycles. The fourth-order valence-corrected chi connectivity index (χ4v) is 1.59. The lowest BCUT2D eigenvalue weighted by atomic mass is 10.1. The molecule has 1 saturated heterocycles. The first-order valence-electron chi connectivity index (χ1n) is 4.67. The van der Waals surface area contributed by atoms with Gasteiger partial charge in [0.2, 0.25) is 0 Å². The highest BCUT2D eigenvalue weighted by atomic mass is 16.4. The van der Waals surface area contributed by atoms with E-state index in [-0.39, 0.29) is 11.6 Å². The fraction of sp³-hybridized carbons (Fsp3) is 0.889. The minimum absolute atomic E-state index is 0.0575. The summed E-state index contributed by atoms with van der Waals surface area (Å²) in [5.74, 6) is -0.728. The Labute approximate surface area is 78.9 Å². The van der Waals surface area contributed by atoms with Crippen LogP contribution in [0.15, 0.2) is 0 Å². The molecule has 0 aromatic carbocycles. The molecule has 2 N–H and O–H groups in total. The van der Waals surface area contributed by atoms with Gasteiger partial charge in [-0.05, 0) is 33.6 Å². The summed E-state index contributed by atoms with van der Waals surface area (Å²) >= 11 is 0. The van der Waals surface area contributed by atoms with Gasteiger partial charge in [0, 0.05) is 12.1 Å². The minimum Gasteiger partial charge on any atom is -0.480 e. The SMILES string of the molecule is CC(C)(C)NN1CCCC1C(=O)O. The van der Waals surface area contributed by atoms with E-state index < -0.39 is 5.97 Å². The van der Waals surface area contributed by atoms with Crippen LogP contribution in [-0.4, -0.2) is 34.2 Å². The van der Waals surface area contributed by atoms with Crippen molar-refractivity contribution in [1.29, 1.82) is 0 Å². The van der Waals surface area contributed by atoms with Crippen LogP contribution in [0.2, 0.25) is 0 Å². The smallest absolute Gasteiger partial charge is 0.322 e. The molecular weight excluding hydrogens is 168 g/mol. The number of hydrogen-bond acceptors (Lipinski definition) is 3. The zero-order valence-corrected chi connectivity index (χ0v) is 8.50. The van der Waals surface area contributed by atoms with Gasteiger partial charge >= 0.3 is 5.97 Å². The Hall–Kier alpha value is -0.610. The summed E-state index contributed by atoms with van der Waals surface area (Å²) in [6, 6.07) is -0.348. The molecule has 0 saturated carbocycles. The van der Waals surface area contributed by atoms with Crippen molar-refractivity contribution >= 4 is 5.97 Å². The van der Waals surface area contributed by atoms with Crippen LogP contribution < -0.4 is 5.43 Å². The highest BCUT2D eigenvalue weighted by Gasteiger charge is 2.32. The number of rotatable bonds is 2. The van der Waals surface area contributed by atoms with Gasteiger partial charge in [-0.2, -0.15) is 0 Å².